The van der Waals surface area contributed by atoms with Crippen LogP contribution in [0.25, 0.3) is 11.7 Å². The number of hydrogen-bond acceptors (Lipinski definition) is 7. The lowest BCUT2D eigenvalue weighted by Gasteiger charge is -2.21. The number of benzene rings is 1. The molecule has 200 valence electrons. The molecule has 5 N–H and O–H groups in total. The first-order chi connectivity index (χ1) is 18.8. The Labute approximate surface area is 220 Å². The summed E-state index contributed by atoms with van der Waals surface area (Å²) in [5.74, 6) is -0.915. The van der Waals surface area contributed by atoms with E-state index in [0.717, 1.165) is 38.8 Å². The van der Waals surface area contributed by atoms with Crippen LogP contribution in [0.4, 0.5) is 15.9 Å². The molecule has 4 aromatic rings. The summed E-state index contributed by atoms with van der Waals surface area (Å²) in [6.45, 7) is 5.51. The molecule has 2 fully saturated rings. The quantitative estimate of drug-likeness (QED) is 0.229. The Morgan fingerprint density at radius 2 is 2.03 bits per heavy atom. The van der Waals surface area contributed by atoms with Gasteiger partial charge in [-0.3, -0.25) is 14.8 Å². The molecule has 6 rings (SSSR count). The highest BCUT2D eigenvalue weighted by Gasteiger charge is 2.23. The highest BCUT2D eigenvalue weighted by Crippen LogP contribution is 2.23. The van der Waals surface area contributed by atoms with Gasteiger partial charge in [0, 0.05) is 35.7 Å². The van der Waals surface area contributed by atoms with Crippen molar-refractivity contribution in [3.63, 3.8) is 0 Å². The fourth-order valence-corrected chi connectivity index (χ4v) is 4.50. The number of anilines is 2. The van der Waals surface area contributed by atoms with Gasteiger partial charge in [-0.25, -0.2) is 18.7 Å². The van der Waals surface area contributed by atoms with E-state index in [2.05, 4.69) is 37.4 Å². The van der Waals surface area contributed by atoms with E-state index in [0.29, 0.717) is 22.2 Å². The van der Waals surface area contributed by atoms with Crippen molar-refractivity contribution in [2.75, 3.05) is 18.4 Å². The van der Waals surface area contributed by atoms with Crippen LogP contribution in [-0.4, -0.2) is 72.0 Å². The largest absolute Gasteiger partial charge is 0.493 e. The SMILES string of the molecule is C=[N+]1CCC(NC(=O)c2ccc(Nc3cc(=NC4CC4)n4ncc(=Cc5[nH]c(=O)[nH]c5O)c4n3)c(F)c2)CC1. The second-order valence-electron chi connectivity index (χ2n) is 9.87. The predicted octanol–water partition coefficient (Wildman–Crippen LogP) is 0.550. The summed E-state index contributed by atoms with van der Waals surface area (Å²) in [6, 6.07) is 6.15. The van der Waals surface area contributed by atoms with Crippen molar-refractivity contribution in [1.82, 2.24) is 29.9 Å². The predicted molar refractivity (Wildman–Crippen MR) is 141 cm³/mol. The number of fused-ring (bicyclic) bond motifs is 1. The van der Waals surface area contributed by atoms with Crippen LogP contribution in [0.5, 0.6) is 5.88 Å². The minimum atomic E-state index is -0.604. The second-order valence-corrected chi connectivity index (χ2v) is 9.87. The molecule has 3 aromatic heterocycles. The first-order valence-corrected chi connectivity index (χ1v) is 12.7. The topological polar surface area (TPSA) is 156 Å². The second kappa shape index (κ2) is 9.82. The number of rotatable bonds is 6. The number of H-pyrrole nitrogens is 2. The summed E-state index contributed by atoms with van der Waals surface area (Å²) in [5, 5.41) is 20.8. The van der Waals surface area contributed by atoms with Crippen LogP contribution < -0.4 is 27.0 Å². The van der Waals surface area contributed by atoms with Gasteiger partial charge in [0.05, 0.1) is 17.9 Å². The number of imidazole rings is 1. The molecule has 1 aromatic carbocycles. The lowest BCUT2D eigenvalue weighted by atomic mass is 10.1. The van der Waals surface area contributed by atoms with E-state index in [9.17, 15) is 14.7 Å². The molecule has 13 heteroatoms. The van der Waals surface area contributed by atoms with Crippen molar-refractivity contribution in [2.24, 2.45) is 4.99 Å². The summed E-state index contributed by atoms with van der Waals surface area (Å²) in [7, 11) is 0. The number of nitrogens with one attached hydrogen (secondary N) is 4. The summed E-state index contributed by atoms with van der Waals surface area (Å²) in [5.41, 5.74) is 0.922. The molecule has 0 unspecified atom stereocenters. The van der Waals surface area contributed by atoms with E-state index in [4.69, 9.17) is 4.99 Å². The van der Waals surface area contributed by atoms with Crippen LogP contribution in [0.2, 0.25) is 0 Å². The Balaban J connectivity index is 1.30. The zero-order valence-corrected chi connectivity index (χ0v) is 20.9. The smallest absolute Gasteiger partial charge is 0.326 e. The Morgan fingerprint density at radius 1 is 1.23 bits per heavy atom. The third kappa shape index (κ3) is 5.28. The third-order valence-corrected chi connectivity index (χ3v) is 6.79. The molecule has 0 bridgehead atoms. The summed E-state index contributed by atoms with van der Waals surface area (Å²) in [6.07, 6.45) is 6.61. The molecule has 0 atom stereocenters. The van der Waals surface area contributed by atoms with E-state index >= 15 is 4.39 Å². The average molecular weight is 533 g/mol. The molecule has 1 aliphatic carbocycles. The number of aromatic nitrogens is 5. The van der Waals surface area contributed by atoms with E-state index in [1.54, 1.807) is 16.6 Å². The van der Waals surface area contributed by atoms with Gasteiger partial charge >= 0.3 is 5.69 Å². The molecular formula is C26H27FN9O3+. The van der Waals surface area contributed by atoms with Gasteiger partial charge < -0.3 is 20.7 Å². The van der Waals surface area contributed by atoms with Crippen LogP contribution in [0.3, 0.4) is 0 Å². The van der Waals surface area contributed by atoms with Crippen molar-refractivity contribution in [3.8, 4) is 5.88 Å². The summed E-state index contributed by atoms with van der Waals surface area (Å²) >= 11 is 0. The minimum Gasteiger partial charge on any atom is -0.493 e. The number of aromatic amines is 2. The van der Waals surface area contributed by atoms with Gasteiger partial charge in [-0.15, -0.1) is 0 Å². The maximum Gasteiger partial charge on any atom is 0.326 e. The molecule has 1 amide bonds. The molecule has 39 heavy (non-hydrogen) atoms. The summed E-state index contributed by atoms with van der Waals surface area (Å²) < 4.78 is 18.6. The number of carbonyl (C=O) groups excluding carboxylic acids is 1. The van der Waals surface area contributed by atoms with Gasteiger partial charge in [-0.1, -0.05) is 0 Å². The molecule has 12 nitrogen and oxygen atoms in total. The van der Waals surface area contributed by atoms with E-state index in [-0.39, 0.29) is 40.8 Å². The van der Waals surface area contributed by atoms with Crippen molar-refractivity contribution in [3.05, 3.63) is 68.7 Å². The van der Waals surface area contributed by atoms with Gasteiger partial charge in [-0.05, 0) is 37.1 Å². The fourth-order valence-electron chi connectivity index (χ4n) is 4.50. The Morgan fingerprint density at radius 3 is 2.72 bits per heavy atom. The molecule has 0 radical (unpaired) electrons. The standard InChI is InChI=1S/C26H26FN9O3/c1-35-8-6-17(7-9-35)30-24(37)14-2-5-19(18(27)10-14)31-21-12-22(29-16-3-4-16)36-23(33-21)15(13-28-36)11-20-25(38)34-26(39)32-20/h2,5,10-13,16-17H,1,3-4,6-9H2,(H4-,28,29,30,31,32,33,34,37,38,39)/p+1. The molecule has 1 saturated heterocycles. The monoisotopic (exact) mass is 532 g/mol. The maximum atomic E-state index is 15.1. The number of amides is 1. The van der Waals surface area contributed by atoms with Crippen molar-refractivity contribution < 1.29 is 18.9 Å². The normalized spacial score (nSPS) is 17.2. The number of aromatic hydroxyl groups is 1. The van der Waals surface area contributed by atoms with Crippen molar-refractivity contribution >= 4 is 35.9 Å². The van der Waals surface area contributed by atoms with Gasteiger partial charge in [0.2, 0.25) is 5.88 Å². The van der Waals surface area contributed by atoms with E-state index in [1.165, 1.54) is 24.4 Å². The lowest BCUT2D eigenvalue weighted by molar-refractivity contribution is -0.530. The van der Waals surface area contributed by atoms with Crippen LogP contribution in [0, 0.1) is 5.82 Å². The van der Waals surface area contributed by atoms with Crippen LogP contribution in [0.15, 0.2) is 40.2 Å². The Hall–Kier alpha value is -4.81. The maximum absolute atomic E-state index is 15.1. The van der Waals surface area contributed by atoms with E-state index in [1.807, 2.05) is 4.58 Å². The van der Waals surface area contributed by atoms with E-state index < -0.39 is 11.5 Å². The highest BCUT2D eigenvalue weighted by molar-refractivity contribution is 5.94. The molecule has 0 spiro atoms. The molecular weight excluding hydrogens is 505 g/mol. The molecule has 4 heterocycles. The molecule has 1 aliphatic heterocycles. The zero-order valence-electron chi connectivity index (χ0n) is 20.9. The number of nitrogens with zero attached hydrogens (tertiary/aromatic N) is 5. The fraction of sp³-hybridized carbons (Fsp3) is 0.308. The third-order valence-electron chi connectivity index (χ3n) is 6.79. The number of piperidine rings is 1. The average Bonchev–Trinajstić information content (AvgIpc) is 3.54. The Bertz CT molecular complexity index is 1770. The van der Waals surface area contributed by atoms with Crippen molar-refractivity contribution in [2.45, 2.75) is 37.8 Å². The van der Waals surface area contributed by atoms with Gasteiger partial charge in [-0.2, -0.15) is 9.61 Å². The molecule has 2 aliphatic rings. The number of halogens is 1. The summed E-state index contributed by atoms with van der Waals surface area (Å²) in [4.78, 5) is 38.3. The number of hydrogen-bond donors (Lipinski definition) is 5. The first kappa shape index (κ1) is 24.5. The van der Waals surface area contributed by atoms with Crippen LogP contribution in [0.1, 0.15) is 41.7 Å². The minimum absolute atomic E-state index is 0.0357. The molecule has 1 saturated carbocycles. The lowest BCUT2D eigenvalue weighted by Crippen LogP contribution is -2.41. The van der Waals surface area contributed by atoms with Gasteiger partial charge in [0.15, 0.2) is 11.1 Å². The zero-order chi connectivity index (χ0) is 27.1. The Kier molecular flexibility index (Phi) is 6.17. The number of carbonyl (C=O) groups is 1. The highest BCUT2D eigenvalue weighted by atomic mass is 19.1. The van der Waals surface area contributed by atoms with Crippen LogP contribution >= 0.6 is 0 Å². The van der Waals surface area contributed by atoms with Crippen LogP contribution in [-0.2, 0) is 0 Å². The first-order valence-electron chi connectivity index (χ1n) is 12.7. The van der Waals surface area contributed by atoms with Gasteiger partial charge in [0.25, 0.3) is 5.91 Å². The van der Waals surface area contributed by atoms with Gasteiger partial charge in [0.1, 0.15) is 37.1 Å². The van der Waals surface area contributed by atoms with Crippen molar-refractivity contribution in [1.29, 1.82) is 0 Å².